The molecule has 0 bridgehead atoms. The van der Waals surface area contributed by atoms with E-state index >= 15 is 0 Å². The third kappa shape index (κ3) is 4.05. The first-order valence-corrected chi connectivity index (χ1v) is 7.86. The fourth-order valence-electron chi connectivity index (χ4n) is 2.09. The molecule has 21 heavy (non-hydrogen) atoms. The van der Waals surface area contributed by atoms with Crippen LogP contribution in [-0.2, 0) is 9.47 Å². The average molecular weight is 314 g/mol. The summed E-state index contributed by atoms with van der Waals surface area (Å²) in [7, 11) is 1.62. The molecule has 2 rings (SSSR count). The van der Waals surface area contributed by atoms with Crippen molar-refractivity contribution in [2.24, 2.45) is 0 Å². The molecule has 1 amide bonds. The first-order chi connectivity index (χ1) is 10.2. The molecule has 7 nitrogen and oxygen atoms in total. The van der Waals surface area contributed by atoms with Crippen LogP contribution in [0, 0.1) is 0 Å². The maximum atomic E-state index is 12.3. The summed E-state index contributed by atoms with van der Waals surface area (Å²) in [5.74, 6) is 0.0969. The number of rotatable bonds is 6. The average Bonchev–Trinajstić information content (AvgIpc) is 2.89. The van der Waals surface area contributed by atoms with Gasteiger partial charge in [0.2, 0.25) is 0 Å². The van der Waals surface area contributed by atoms with E-state index in [4.69, 9.17) is 15.2 Å². The van der Waals surface area contributed by atoms with Crippen LogP contribution in [0.2, 0.25) is 0 Å². The van der Waals surface area contributed by atoms with Crippen LogP contribution in [0.25, 0.3) is 0 Å². The van der Waals surface area contributed by atoms with Gasteiger partial charge in [0.25, 0.3) is 5.91 Å². The van der Waals surface area contributed by atoms with Crippen LogP contribution in [0.3, 0.4) is 0 Å². The van der Waals surface area contributed by atoms with Crippen molar-refractivity contribution in [3.63, 3.8) is 0 Å². The van der Waals surface area contributed by atoms with Gasteiger partial charge in [0, 0.05) is 20.2 Å². The summed E-state index contributed by atoms with van der Waals surface area (Å²) in [6.07, 6.45) is 0.800. The van der Waals surface area contributed by atoms with Crippen molar-refractivity contribution in [3.05, 3.63) is 4.88 Å². The Labute approximate surface area is 128 Å². The minimum absolute atomic E-state index is 0.0177. The molecule has 0 aliphatic carbocycles. The fraction of sp³-hybridized carbons (Fsp3) is 0.692. The largest absolute Gasteiger partial charge is 0.383 e. The zero-order valence-electron chi connectivity index (χ0n) is 12.4. The minimum atomic E-state index is -0.187. The molecule has 0 aromatic carbocycles. The Morgan fingerprint density at radius 1 is 1.57 bits per heavy atom. The number of aromatic nitrogens is 1. The summed E-state index contributed by atoms with van der Waals surface area (Å²) in [5.41, 5.74) is 5.89. The molecule has 2 heterocycles. The van der Waals surface area contributed by atoms with Gasteiger partial charge < -0.3 is 25.4 Å². The molecule has 1 aromatic heterocycles. The lowest BCUT2D eigenvalue weighted by atomic mass is 10.2. The molecule has 1 saturated heterocycles. The van der Waals surface area contributed by atoms with E-state index in [0.717, 1.165) is 24.6 Å². The lowest BCUT2D eigenvalue weighted by molar-refractivity contribution is 0.0899. The molecule has 1 unspecified atom stereocenters. The Kier molecular flexibility index (Phi) is 5.77. The summed E-state index contributed by atoms with van der Waals surface area (Å²) in [6, 6.07) is -0.0177. The summed E-state index contributed by atoms with van der Waals surface area (Å²) < 4.78 is 10.4. The topological polar surface area (TPSA) is 89.7 Å². The molecule has 0 radical (unpaired) electrons. The summed E-state index contributed by atoms with van der Waals surface area (Å²) >= 11 is 1.33. The molecule has 1 fully saturated rings. The number of anilines is 2. The van der Waals surface area contributed by atoms with Crippen molar-refractivity contribution < 1.29 is 14.3 Å². The van der Waals surface area contributed by atoms with Crippen molar-refractivity contribution in [1.82, 2.24) is 10.3 Å². The standard InChI is InChI=1S/C13H22N4O3S/c1-3-9(8-19-2)15-12(18)10-11(14)16-13(21-10)17-4-6-20-7-5-17/h9H,3-8,14H2,1-2H3,(H,15,18). The predicted octanol–water partition coefficient (Wildman–Crippen LogP) is 0.717. The van der Waals surface area contributed by atoms with Gasteiger partial charge in [-0.25, -0.2) is 4.98 Å². The number of morpholine rings is 1. The molecule has 118 valence electrons. The zero-order valence-corrected chi connectivity index (χ0v) is 13.2. The molecule has 0 spiro atoms. The summed E-state index contributed by atoms with van der Waals surface area (Å²) in [6.45, 7) is 5.38. The van der Waals surface area contributed by atoms with Crippen molar-refractivity contribution in [3.8, 4) is 0 Å². The lowest BCUT2D eigenvalue weighted by Crippen LogP contribution is -2.37. The number of hydrogen-bond donors (Lipinski definition) is 2. The SMILES string of the molecule is CCC(COC)NC(=O)c1sc(N2CCOCC2)nc1N. The number of thiazole rings is 1. The van der Waals surface area contributed by atoms with E-state index in [1.54, 1.807) is 7.11 Å². The number of methoxy groups -OCH3 is 1. The number of nitrogen functional groups attached to an aromatic ring is 1. The molecular weight excluding hydrogens is 292 g/mol. The maximum Gasteiger partial charge on any atom is 0.265 e. The Morgan fingerprint density at radius 2 is 2.29 bits per heavy atom. The van der Waals surface area contributed by atoms with Crippen LogP contribution in [0.1, 0.15) is 23.0 Å². The number of ether oxygens (including phenoxy) is 2. The second-order valence-electron chi connectivity index (χ2n) is 4.84. The molecule has 3 N–H and O–H groups in total. The third-order valence-electron chi connectivity index (χ3n) is 3.33. The predicted molar refractivity (Wildman–Crippen MR) is 83.0 cm³/mol. The van der Waals surface area contributed by atoms with Gasteiger partial charge in [-0.15, -0.1) is 0 Å². The Bertz CT molecular complexity index is 474. The van der Waals surface area contributed by atoms with E-state index in [0.29, 0.717) is 24.7 Å². The highest BCUT2D eigenvalue weighted by Crippen LogP contribution is 2.28. The molecular formula is C13H22N4O3S. The number of nitrogens with two attached hydrogens (primary N) is 1. The van der Waals surface area contributed by atoms with Crippen LogP contribution in [0.15, 0.2) is 0 Å². The van der Waals surface area contributed by atoms with Crippen molar-refractivity contribution >= 4 is 28.2 Å². The normalized spacial score (nSPS) is 16.8. The van der Waals surface area contributed by atoms with Gasteiger partial charge in [0.05, 0.1) is 25.9 Å². The second-order valence-corrected chi connectivity index (χ2v) is 5.82. The summed E-state index contributed by atoms with van der Waals surface area (Å²) in [5, 5.41) is 3.70. The molecule has 0 saturated carbocycles. The molecule has 1 aliphatic heterocycles. The van der Waals surface area contributed by atoms with E-state index in [1.807, 2.05) is 6.92 Å². The van der Waals surface area contributed by atoms with Gasteiger partial charge in [0.1, 0.15) is 10.7 Å². The Morgan fingerprint density at radius 3 is 2.90 bits per heavy atom. The van der Waals surface area contributed by atoms with Gasteiger partial charge in [0.15, 0.2) is 5.13 Å². The van der Waals surface area contributed by atoms with E-state index in [9.17, 15) is 4.79 Å². The van der Waals surface area contributed by atoms with Gasteiger partial charge in [-0.1, -0.05) is 18.3 Å². The fourth-order valence-corrected chi connectivity index (χ4v) is 3.03. The first-order valence-electron chi connectivity index (χ1n) is 7.04. The van der Waals surface area contributed by atoms with Crippen molar-refractivity contribution in [2.45, 2.75) is 19.4 Å². The van der Waals surface area contributed by atoms with E-state index in [2.05, 4.69) is 15.2 Å². The van der Waals surface area contributed by atoms with Crippen LogP contribution in [-0.4, -0.2) is 57.0 Å². The van der Waals surface area contributed by atoms with Crippen molar-refractivity contribution in [1.29, 1.82) is 0 Å². The Balaban J connectivity index is 2.05. The zero-order chi connectivity index (χ0) is 15.2. The summed E-state index contributed by atoms with van der Waals surface area (Å²) in [4.78, 5) is 19.2. The monoisotopic (exact) mass is 314 g/mol. The smallest absolute Gasteiger partial charge is 0.265 e. The molecule has 1 atom stereocenters. The van der Waals surface area contributed by atoms with Gasteiger partial charge in [-0.2, -0.15) is 0 Å². The molecule has 8 heteroatoms. The number of nitrogens with zero attached hydrogens (tertiary/aromatic N) is 2. The van der Waals surface area contributed by atoms with Gasteiger partial charge in [-0.05, 0) is 6.42 Å². The van der Waals surface area contributed by atoms with Crippen LogP contribution in [0.5, 0.6) is 0 Å². The minimum Gasteiger partial charge on any atom is -0.383 e. The maximum absolute atomic E-state index is 12.3. The highest BCUT2D eigenvalue weighted by Gasteiger charge is 2.22. The van der Waals surface area contributed by atoms with E-state index < -0.39 is 0 Å². The second kappa shape index (κ2) is 7.58. The van der Waals surface area contributed by atoms with Crippen LogP contribution >= 0.6 is 11.3 Å². The lowest BCUT2D eigenvalue weighted by Gasteiger charge is -2.25. The number of carbonyl (C=O) groups is 1. The van der Waals surface area contributed by atoms with Gasteiger partial charge in [-0.3, -0.25) is 4.79 Å². The number of hydrogen-bond acceptors (Lipinski definition) is 7. The number of carbonyl (C=O) groups excluding carboxylic acids is 1. The van der Waals surface area contributed by atoms with Crippen LogP contribution < -0.4 is 16.0 Å². The number of amides is 1. The van der Waals surface area contributed by atoms with Gasteiger partial charge >= 0.3 is 0 Å². The highest BCUT2D eigenvalue weighted by atomic mass is 32.1. The third-order valence-corrected chi connectivity index (χ3v) is 4.46. The van der Waals surface area contributed by atoms with Crippen LogP contribution in [0.4, 0.5) is 10.9 Å². The molecule has 1 aliphatic rings. The first kappa shape index (κ1) is 16.0. The molecule has 1 aromatic rings. The quantitative estimate of drug-likeness (QED) is 0.804. The number of nitrogens with one attached hydrogen (secondary N) is 1. The Hall–Kier alpha value is -1.38. The van der Waals surface area contributed by atoms with Crippen molar-refractivity contribution in [2.75, 3.05) is 50.7 Å². The van der Waals surface area contributed by atoms with E-state index in [-0.39, 0.29) is 17.8 Å². The highest BCUT2D eigenvalue weighted by molar-refractivity contribution is 7.18. The van der Waals surface area contributed by atoms with E-state index in [1.165, 1.54) is 11.3 Å².